The van der Waals surface area contributed by atoms with Crippen molar-refractivity contribution in [3.63, 3.8) is 0 Å². The predicted molar refractivity (Wildman–Crippen MR) is 215 cm³/mol. The Labute approximate surface area is 322 Å². The van der Waals surface area contributed by atoms with E-state index in [2.05, 4.69) is 66.2 Å². The summed E-state index contributed by atoms with van der Waals surface area (Å²) in [6, 6.07) is 37.1. The zero-order chi connectivity index (χ0) is 38.0. The molecule has 55 heavy (non-hydrogen) atoms. The van der Waals surface area contributed by atoms with Gasteiger partial charge in [-0.2, -0.15) is 10.2 Å². The second kappa shape index (κ2) is 18.0. The molecular formula is C45H47FN6O3. The molecule has 7 aromatic rings. The maximum absolute atomic E-state index is 14.4. The first-order valence-electron chi connectivity index (χ1n) is 18.8. The van der Waals surface area contributed by atoms with Crippen LogP contribution in [0.2, 0.25) is 0 Å². The van der Waals surface area contributed by atoms with Gasteiger partial charge in [0, 0.05) is 55.3 Å². The maximum Gasteiger partial charge on any atom is 0.154 e. The summed E-state index contributed by atoms with van der Waals surface area (Å²) < 4.78 is 34.5. The van der Waals surface area contributed by atoms with Crippen molar-refractivity contribution < 1.29 is 18.3 Å². The van der Waals surface area contributed by atoms with E-state index < -0.39 is 0 Å². The molecule has 1 aliphatic heterocycles. The summed E-state index contributed by atoms with van der Waals surface area (Å²) in [4.78, 5) is 4.70. The number of para-hydroxylation sites is 1. The van der Waals surface area contributed by atoms with E-state index in [9.17, 15) is 4.39 Å². The molecule has 1 fully saturated rings. The van der Waals surface area contributed by atoms with Crippen LogP contribution in [0.5, 0.6) is 5.75 Å². The van der Waals surface area contributed by atoms with Gasteiger partial charge in [0.15, 0.2) is 5.76 Å². The summed E-state index contributed by atoms with van der Waals surface area (Å²) in [5.41, 5.74) is 8.62. The summed E-state index contributed by atoms with van der Waals surface area (Å²) in [5.74, 6) is 1.41. The number of methoxy groups -OCH3 is 1. The van der Waals surface area contributed by atoms with Gasteiger partial charge in [-0.1, -0.05) is 68.4 Å². The van der Waals surface area contributed by atoms with Crippen LogP contribution in [0.15, 0.2) is 138 Å². The smallest absolute Gasteiger partial charge is 0.154 e. The number of furan rings is 1. The predicted octanol–water partition coefficient (Wildman–Crippen LogP) is 9.16. The Morgan fingerprint density at radius 2 is 1.31 bits per heavy atom. The third kappa shape index (κ3) is 9.12. The van der Waals surface area contributed by atoms with Crippen molar-refractivity contribution in [3.05, 3.63) is 151 Å². The number of rotatable bonds is 12. The van der Waals surface area contributed by atoms with Gasteiger partial charge in [0.2, 0.25) is 0 Å². The van der Waals surface area contributed by atoms with Crippen molar-refractivity contribution in [2.45, 2.75) is 26.9 Å². The first-order chi connectivity index (χ1) is 27.0. The third-order valence-electron chi connectivity index (χ3n) is 9.83. The van der Waals surface area contributed by atoms with Crippen molar-refractivity contribution in [2.75, 3.05) is 46.5 Å². The van der Waals surface area contributed by atoms with E-state index in [0.717, 1.165) is 103 Å². The summed E-state index contributed by atoms with van der Waals surface area (Å²) >= 11 is 0. The van der Waals surface area contributed by atoms with Gasteiger partial charge in [0.1, 0.15) is 23.0 Å². The van der Waals surface area contributed by atoms with Crippen molar-refractivity contribution in [1.82, 2.24) is 29.4 Å². The van der Waals surface area contributed by atoms with Crippen LogP contribution < -0.4 is 4.74 Å². The molecule has 0 amide bonds. The number of nitrogens with zero attached hydrogens (tertiary/aromatic N) is 6. The lowest BCUT2D eigenvalue weighted by Crippen LogP contribution is -2.35. The molecule has 1 saturated heterocycles. The zero-order valence-corrected chi connectivity index (χ0v) is 31.6. The van der Waals surface area contributed by atoms with Crippen LogP contribution in [0.25, 0.3) is 45.2 Å². The standard InChI is InChI=1S/C25H27N3O2.C20H20FN3O/c1-4-27(5-2)17-21-18-28(26-25(21)24-7-6-16-30-24)22-12-8-19(9-13-22)20-10-14-23(29-3)15-11-20;21-19-9-5-4-8-18(19)20-16(14-23-10-12-25-13-11-23)15-24(22-20)17-6-2-1-3-7-17/h6-16,18H,4-5,17H2,1-3H3;1-9,15H,10-14H2. The van der Waals surface area contributed by atoms with Crippen LogP contribution in [0.3, 0.4) is 0 Å². The Morgan fingerprint density at radius 1 is 0.691 bits per heavy atom. The first-order valence-corrected chi connectivity index (χ1v) is 18.8. The van der Waals surface area contributed by atoms with Gasteiger partial charge in [-0.05, 0) is 84.9 Å². The summed E-state index contributed by atoms with van der Waals surface area (Å²) in [6.45, 7) is 11.2. The van der Waals surface area contributed by atoms with Crippen molar-refractivity contribution in [2.24, 2.45) is 0 Å². The Bertz CT molecular complexity index is 2220. The molecule has 9 nitrogen and oxygen atoms in total. The number of hydrogen-bond donors (Lipinski definition) is 0. The normalized spacial score (nSPS) is 13.1. The molecule has 0 unspecified atom stereocenters. The number of hydrogen-bond acceptors (Lipinski definition) is 7. The van der Waals surface area contributed by atoms with Crippen LogP contribution in [-0.2, 0) is 17.8 Å². The molecule has 0 atom stereocenters. The fourth-order valence-corrected chi connectivity index (χ4v) is 6.68. The van der Waals surface area contributed by atoms with Crippen LogP contribution in [0.1, 0.15) is 25.0 Å². The van der Waals surface area contributed by atoms with Gasteiger partial charge >= 0.3 is 0 Å². The lowest BCUT2D eigenvalue weighted by Gasteiger charge is -2.26. The van der Waals surface area contributed by atoms with E-state index in [1.165, 1.54) is 6.07 Å². The molecule has 0 aliphatic carbocycles. The molecule has 8 rings (SSSR count). The largest absolute Gasteiger partial charge is 0.497 e. The van der Waals surface area contributed by atoms with Crippen molar-refractivity contribution >= 4 is 0 Å². The summed E-state index contributed by atoms with van der Waals surface area (Å²) in [7, 11) is 1.68. The average Bonchev–Trinajstić information content (AvgIpc) is 4.02. The Morgan fingerprint density at radius 3 is 1.95 bits per heavy atom. The second-order valence-electron chi connectivity index (χ2n) is 13.3. The van der Waals surface area contributed by atoms with Gasteiger partial charge in [0.05, 0.1) is 38.0 Å². The number of aromatic nitrogens is 4. The van der Waals surface area contributed by atoms with E-state index >= 15 is 0 Å². The first kappa shape index (κ1) is 37.5. The highest BCUT2D eigenvalue weighted by Gasteiger charge is 2.20. The van der Waals surface area contributed by atoms with Crippen LogP contribution >= 0.6 is 0 Å². The molecule has 0 saturated carbocycles. The number of ether oxygens (including phenoxy) is 2. The van der Waals surface area contributed by atoms with E-state index in [-0.39, 0.29) is 5.82 Å². The Kier molecular flexibility index (Phi) is 12.3. The molecule has 0 radical (unpaired) electrons. The minimum absolute atomic E-state index is 0.246. The minimum Gasteiger partial charge on any atom is -0.497 e. The summed E-state index contributed by atoms with van der Waals surface area (Å²) in [5, 5.41) is 9.55. The van der Waals surface area contributed by atoms with Crippen molar-refractivity contribution in [1.29, 1.82) is 0 Å². The van der Waals surface area contributed by atoms with E-state index in [1.54, 1.807) is 25.5 Å². The fraction of sp³-hybridized carbons (Fsp3) is 0.244. The number of benzene rings is 4. The third-order valence-corrected chi connectivity index (χ3v) is 9.83. The highest BCUT2D eigenvalue weighted by molar-refractivity contribution is 5.66. The van der Waals surface area contributed by atoms with Gasteiger partial charge in [0.25, 0.3) is 0 Å². The Hall–Kier alpha value is -5.81. The van der Waals surface area contributed by atoms with E-state index in [1.807, 2.05) is 76.2 Å². The number of halogens is 1. The molecule has 1 aliphatic rings. The molecule has 0 bridgehead atoms. The second-order valence-corrected chi connectivity index (χ2v) is 13.3. The SMILES string of the molecule is CCN(CC)Cc1cn(-c2ccc(-c3ccc(OC)cc3)cc2)nc1-c1ccco1.Fc1ccccc1-c1nn(-c2ccccc2)cc1CN1CCOCC1. The fourth-order valence-electron chi connectivity index (χ4n) is 6.68. The highest BCUT2D eigenvalue weighted by atomic mass is 19.1. The van der Waals surface area contributed by atoms with Gasteiger partial charge in [-0.15, -0.1) is 0 Å². The monoisotopic (exact) mass is 738 g/mol. The number of morpholine rings is 1. The van der Waals surface area contributed by atoms with Crippen LogP contribution in [0, 0.1) is 5.82 Å². The van der Waals surface area contributed by atoms with Crippen LogP contribution in [0.4, 0.5) is 4.39 Å². The van der Waals surface area contributed by atoms with Gasteiger partial charge in [-0.25, -0.2) is 13.8 Å². The molecular weight excluding hydrogens is 692 g/mol. The molecule has 0 spiro atoms. The summed E-state index contributed by atoms with van der Waals surface area (Å²) in [6.07, 6.45) is 5.81. The quantitative estimate of drug-likeness (QED) is 0.124. The molecule has 0 N–H and O–H groups in total. The lowest BCUT2D eigenvalue weighted by molar-refractivity contribution is 0.0342. The lowest BCUT2D eigenvalue weighted by atomic mass is 10.1. The molecule has 4 heterocycles. The van der Waals surface area contributed by atoms with Gasteiger partial charge < -0.3 is 13.9 Å². The molecule has 3 aromatic heterocycles. The van der Waals surface area contributed by atoms with E-state index in [4.69, 9.17) is 24.1 Å². The molecule has 282 valence electrons. The molecule has 10 heteroatoms. The average molecular weight is 739 g/mol. The highest BCUT2D eigenvalue weighted by Crippen LogP contribution is 2.29. The minimum atomic E-state index is -0.246. The molecule has 4 aromatic carbocycles. The maximum atomic E-state index is 14.4. The van der Waals surface area contributed by atoms with Gasteiger partial charge in [-0.3, -0.25) is 9.80 Å². The van der Waals surface area contributed by atoms with E-state index in [0.29, 0.717) is 11.3 Å². The topological polar surface area (TPSA) is 73.7 Å². The van der Waals surface area contributed by atoms with Crippen LogP contribution in [-0.4, -0.2) is 75.9 Å². The zero-order valence-electron chi connectivity index (χ0n) is 31.6. The Balaban J connectivity index is 0.000000172. The van der Waals surface area contributed by atoms with Crippen molar-refractivity contribution in [3.8, 4) is 51.0 Å².